The van der Waals surface area contributed by atoms with Gasteiger partial charge in [-0.1, -0.05) is 29.3 Å². The van der Waals surface area contributed by atoms with Crippen LogP contribution in [0.5, 0.6) is 0 Å². The van der Waals surface area contributed by atoms with Gasteiger partial charge in [0.25, 0.3) is 0 Å². The van der Waals surface area contributed by atoms with Crippen molar-refractivity contribution in [3.05, 3.63) is 74.4 Å². The number of carbonyl (C=O) groups is 1. The normalized spacial score (nSPS) is 11.1. The fourth-order valence-electron chi connectivity index (χ4n) is 2.53. The fraction of sp³-hybridized carbons (Fsp3) is 0.0500. The minimum Gasteiger partial charge on any atom is -0.457 e. The Morgan fingerprint density at radius 3 is 2.74 bits per heavy atom. The van der Waals surface area contributed by atoms with Crippen LogP contribution in [0, 0.1) is 6.92 Å². The van der Waals surface area contributed by atoms with Crippen LogP contribution in [0.1, 0.15) is 11.3 Å². The minimum atomic E-state index is -0.290. The van der Waals surface area contributed by atoms with Crippen LogP contribution in [-0.4, -0.2) is 5.91 Å². The molecule has 3 aromatic rings. The molecule has 0 aliphatic heterocycles. The zero-order valence-electron chi connectivity index (χ0n) is 14.2. The van der Waals surface area contributed by atoms with E-state index in [0.717, 1.165) is 10.0 Å². The third-order valence-corrected chi connectivity index (χ3v) is 5.25. The Labute approximate surface area is 175 Å². The summed E-state index contributed by atoms with van der Waals surface area (Å²) in [5.41, 5.74) is 8.62. The number of hydrogen-bond donors (Lipinski definition) is 2. The summed E-state index contributed by atoms with van der Waals surface area (Å²) >= 11 is 15.6. The molecule has 1 aromatic heterocycles. The van der Waals surface area contributed by atoms with Crippen molar-refractivity contribution in [3.8, 4) is 11.3 Å². The van der Waals surface area contributed by atoms with E-state index in [1.165, 1.54) is 6.08 Å². The number of halogens is 3. The Hall–Kier alpha value is -2.21. The number of carbonyl (C=O) groups excluding carboxylic acids is 1. The zero-order chi connectivity index (χ0) is 19.6. The topological polar surface area (TPSA) is 68.3 Å². The predicted molar refractivity (Wildman–Crippen MR) is 115 cm³/mol. The second kappa shape index (κ2) is 8.21. The molecule has 3 rings (SSSR count). The number of benzene rings is 2. The van der Waals surface area contributed by atoms with E-state index in [9.17, 15) is 4.79 Å². The van der Waals surface area contributed by atoms with Gasteiger partial charge < -0.3 is 15.5 Å². The molecular weight excluding hydrogens is 451 g/mol. The molecular formula is C20H15BrCl2N2O2. The lowest BCUT2D eigenvalue weighted by molar-refractivity contribution is -0.111. The number of nitrogens with one attached hydrogen (secondary N) is 1. The van der Waals surface area contributed by atoms with E-state index in [2.05, 4.69) is 21.2 Å². The average Bonchev–Trinajstić information content (AvgIpc) is 3.07. The molecule has 7 heteroatoms. The van der Waals surface area contributed by atoms with Crippen LogP contribution in [0.4, 0.5) is 11.4 Å². The predicted octanol–water partition coefficient (Wildman–Crippen LogP) is 6.56. The number of anilines is 2. The highest BCUT2D eigenvalue weighted by molar-refractivity contribution is 9.10. The number of hydrogen-bond acceptors (Lipinski definition) is 3. The molecule has 0 saturated heterocycles. The summed E-state index contributed by atoms with van der Waals surface area (Å²) in [5.74, 6) is 0.797. The Morgan fingerprint density at radius 2 is 2.00 bits per heavy atom. The molecule has 0 aliphatic rings. The monoisotopic (exact) mass is 464 g/mol. The van der Waals surface area contributed by atoms with Gasteiger partial charge in [-0.15, -0.1) is 0 Å². The van der Waals surface area contributed by atoms with Crippen molar-refractivity contribution < 1.29 is 9.21 Å². The number of amides is 1. The van der Waals surface area contributed by atoms with Gasteiger partial charge in [0, 0.05) is 21.8 Å². The second-order valence-corrected chi connectivity index (χ2v) is 7.46. The summed E-state index contributed by atoms with van der Waals surface area (Å²) < 4.78 is 6.45. The molecule has 0 bridgehead atoms. The van der Waals surface area contributed by atoms with Gasteiger partial charge in [0.2, 0.25) is 5.91 Å². The van der Waals surface area contributed by atoms with Crippen molar-refractivity contribution in [2.24, 2.45) is 0 Å². The highest BCUT2D eigenvalue weighted by Gasteiger charge is 2.11. The molecule has 0 fully saturated rings. The lowest BCUT2D eigenvalue weighted by Gasteiger charge is -2.10. The third-order valence-electron chi connectivity index (χ3n) is 3.80. The first-order valence-electron chi connectivity index (χ1n) is 7.94. The maximum Gasteiger partial charge on any atom is 0.248 e. The minimum absolute atomic E-state index is 0.290. The van der Waals surface area contributed by atoms with E-state index in [-0.39, 0.29) is 5.91 Å². The molecule has 0 radical (unpaired) electrons. The van der Waals surface area contributed by atoms with Crippen LogP contribution >= 0.6 is 39.1 Å². The summed E-state index contributed by atoms with van der Waals surface area (Å²) in [6.07, 6.45) is 2.97. The number of rotatable bonds is 4. The summed E-state index contributed by atoms with van der Waals surface area (Å²) in [6.45, 7) is 1.87. The Kier molecular flexibility index (Phi) is 5.95. The molecule has 0 spiro atoms. The fourth-order valence-corrected chi connectivity index (χ4v) is 3.60. The summed E-state index contributed by atoms with van der Waals surface area (Å²) in [4.78, 5) is 12.2. The van der Waals surface area contributed by atoms with Gasteiger partial charge in [0.15, 0.2) is 0 Å². The Morgan fingerprint density at radius 1 is 1.22 bits per heavy atom. The van der Waals surface area contributed by atoms with Crippen LogP contribution < -0.4 is 11.1 Å². The van der Waals surface area contributed by atoms with Crippen molar-refractivity contribution in [1.29, 1.82) is 0 Å². The van der Waals surface area contributed by atoms with Gasteiger partial charge in [-0.2, -0.15) is 0 Å². The first-order chi connectivity index (χ1) is 12.8. The molecule has 4 nitrogen and oxygen atoms in total. The first kappa shape index (κ1) is 19.5. The van der Waals surface area contributed by atoms with Gasteiger partial charge in [-0.05, 0) is 70.9 Å². The average molecular weight is 466 g/mol. The highest BCUT2D eigenvalue weighted by Crippen LogP contribution is 2.34. The molecule has 1 amide bonds. The van der Waals surface area contributed by atoms with Crippen molar-refractivity contribution in [3.63, 3.8) is 0 Å². The molecule has 27 heavy (non-hydrogen) atoms. The largest absolute Gasteiger partial charge is 0.457 e. The lowest BCUT2D eigenvalue weighted by Crippen LogP contribution is -2.09. The molecule has 0 saturated carbocycles. The SMILES string of the molecule is Cc1cc(N)cc(Br)c1NC(=O)/C=C/c1ccc(-c2cccc(Cl)c2Cl)o1. The lowest BCUT2D eigenvalue weighted by atomic mass is 10.2. The molecule has 0 unspecified atom stereocenters. The van der Waals surface area contributed by atoms with E-state index in [1.807, 2.05) is 13.0 Å². The third kappa shape index (κ3) is 4.56. The number of furan rings is 1. The van der Waals surface area contributed by atoms with Crippen molar-refractivity contribution in [2.75, 3.05) is 11.1 Å². The van der Waals surface area contributed by atoms with Crippen LogP contribution in [0.15, 0.2) is 57.4 Å². The van der Waals surface area contributed by atoms with E-state index in [0.29, 0.717) is 38.5 Å². The van der Waals surface area contributed by atoms with Crippen LogP contribution in [-0.2, 0) is 4.79 Å². The van der Waals surface area contributed by atoms with E-state index < -0.39 is 0 Å². The molecule has 2 aromatic carbocycles. The van der Waals surface area contributed by atoms with Crippen LogP contribution in [0.2, 0.25) is 10.0 Å². The van der Waals surface area contributed by atoms with Gasteiger partial charge in [0.05, 0.1) is 15.7 Å². The quantitative estimate of drug-likeness (QED) is 0.338. The number of aryl methyl sites for hydroxylation is 1. The summed E-state index contributed by atoms with van der Waals surface area (Å²) in [6, 6.07) is 12.4. The van der Waals surface area contributed by atoms with Gasteiger partial charge in [-0.25, -0.2) is 0 Å². The van der Waals surface area contributed by atoms with Crippen molar-refractivity contribution >= 4 is 62.5 Å². The van der Waals surface area contributed by atoms with Crippen LogP contribution in [0.3, 0.4) is 0 Å². The standard InChI is InChI=1S/C20H15BrCl2N2O2/c1-11-9-12(24)10-15(21)20(11)25-18(26)8-6-13-5-7-17(27-13)14-3-2-4-16(22)19(14)23/h2-10H,24H2,1H3,(H,25,26)/b8-6+. The smallest absolute Gasteiger partial charge is 0.248 e. The Bertz CT molecular complexity index is 1020. The van der Waals surface area contributed by atoms with Gasteiger partial charge >= 0.3 is 0 Å². The Balaban J connectivity index is 1.75. The van der Waals surface area contributed by atoms with E-state index >= 15 is 0 Å². The molecule has 1 heterocycles. The van der Waals surface area contributed by atoms with Crippen molar-refractivity contribution in [2.45, 2.75) is 6.92 Å². The van der Waals surface area contributed by atoms with Crippen molar-refractivity contribution in [1.82, 2.24) is 0 Å². The summed E-state index contributed by atoms with van der Waals surface area (Å²) in [7, 11) is 0. The maximum atomic E-state index is 12.2. The molecule has 0 atom stereocenters. The van der Waals surface area contributed by atoms with Gasteiger partial charge in [0.1, 0.15) is 11.5 Å². The second-order valence-electron chi connectivity index (χ2n) is 5.82. The van der Waals surface area contributed by atoms with E-state index in [1.54, 1.807) is 42.5 Å². The van der Waals surface area contributed by atoms with Crippen LogP contribution in [0.25, 0.3) is 17.4 Å². The van der Waals surface area contributed by atoms with Gasteiger partial charge in [-0.3, -0.25) is 4.79 Å². The highest BCUT2D eigenvalue weighted by atomic mass is 79.9. The number of nitrogen functional groups attached to an aromatic ring is 1. The molecule has 3 N–H and O–H groups in total. The number of nitrogens with two attached hydrogens (primary N) is 1. The molecule has 138 valence electrons. The van der Waals surface area contributed by atoms with E-state index in [4.69, 9.17) is 33.4 Å². The first-order valence-corrected chi connectivity index (χ1v) is 9.49. The summed E-state index contributed by atoms with van der Waals surface area (Å²) in [5, 5.41) is 3.69. The zero-order valence-corrected chi connectivity index (χ0v) is 17.3. The maximum absolute atomic E-state index is 12.2. The molecule has 0 aliphatic carbocycles.